The highest BCUT2D eigenvalue weighted by atomic mass is 19.4. The highest BCUT2D eigenvalue weighted by Gasteiger charge is 2.39. The van der Waals surface area contributed by atoms with Crippen LogP contribution < -0.4 is 20.3 Å². The standard InChI is InChI=1S/C38H58N9O12.2C2HF3O2/c1-3-46-24-6-5-22(13-25(24)47(4-2)30(46)17-45(20-50)37-35(39)42-36-23(41-37)7-10-40-36)38(59)44-11-8-21(9-12-44)14-43(15-26(51)31(55)33(57)28(53)18-48)16-27(52)32(56)34(58)29(54)19-49;2*3-2(4,5)1(6)7/h5-7,10,13,20-21,26-29,31-34,48-49,51-58H,3-4,8-9,11-12,14-19H2,1-2H3,(H3,39,40,42);2*(H,6,7)/q+1;;/p-1/t26-,27-,28+,29+,31+,32+,33+,34+;;/m0../s1. The number of hydrogen-bond donors (Lipinski definition) is 13. The summed E-state index contributed by atoms with van der Waals surface area (Å²) in [5, 5.41) is 117. The van der Waals surface area contributed by atoms with E-state index in [0.717, 1.165) is 16.9 Å². The number of carboxylic acid groups (broad SMARTS) is 2. The van der Waals surface area contributed by atoms with Gasteiger partial charge in [-0.15, -0.1) is 0 Å². The second-order valence-electron chi connectivity index (χ2n) is 16.6. The van der Waals surface area contributed by atoms with Crippen LogP contribution in [0.15, 0.2) is 30.5 Å². The highest BCUT2D eigenvalue weighted by Crippen LogP contribution is 2.27. The van der Waals surface area contributed by atoms with Crippen molar-refractivity contribution in [2.24, 2.45) is 5.92 Å². The minimum absolute atomic E-state index is 0.0936. The number of aliphatic hydroxyl groups excluding tert-OH is 10. The Morgan fingerprint density at radius 3 is 1.81 bits per heavy atom. The molecule has 1 aliphatic heterocycles. The van der Waals surface area contributed by atoms with Crippen molar-refractivity contribution in [1.82, 2.24) is 29.3 Å². The van der Waals surface area contributed by atoms with E-state index in [1.54, 1.807) is 23.2 Å². The van der Waals surface area contributed by atoms with Gasteiger partial charge in [0.2, 0.25) is 6.41 Å². The summed E-state index contributed by atoms with van der Waals surface area (Å²) in [6.45, 7) is 3.58. The SMILES string of the molecule is CCn1c(CN(C=O)c2nc3cc[nH]c3nc2N)[n+](CC)c2cc(C(=O)N3CCC(CN(C[C@H](O)[C@@H](O)[C@H](O)[C@H](O)CO)C[C@H](O)[C@@H](O)[C@H](O)[C@H](O)CO)CC3)ccc21.O=C(O)C(F)(F)F.O=C([O-])C(F)(F)F. The first kappa shape index (κ1) is 61.4. The average Bonchev–Trinajstić information content (AvgIpc) is 3.93. The van der Waals surface area contributed by atoms with E-state index in [2.05, 4.69) is 19.5 Å². The van der Waals surface area contributed by atoms with Crippen LogP contribution in [0.3, 0.4) is 0 Å². The average molecular weight is 1060 g/mol. The van der Waals surface area contributed by atoms with Gasteiger partial charge in [0.15, 0.2) is 28.3 Å². The number of alkyl halides is 6. The normalized spacial score (nSPS) is 16.8. The molecule has 0 bridgehead atoms. The van der Waals surface area contributed by atoms with E-state index < -0.39 is 86.3 Å². The van der Waals surface area contributed by atoms with Crippen LogP contribution in [0.5, 0.6) is 0 Å². The van der Waals surface area contributed by atoms with Crippen LogP contribution >= 0.6 is 0 Å². The molecule has 2 amide bonds. The quantitative estimate of drug-likeness (QED) is 0.0214. The number of hydrogen-bond acceptors (Lipinski definition) is 19. The number of aryl methyl sites for hydroxylation is 2. The molecule has 14 N–H and O–H groups in total. The first-order valence-electron chi connectivity index (χ1n) is 22.2. The second kappa shape index (κ2) is 26.9. The molecular weight excluding hydrogens is 1000 g/mol. The van der Waals surface area contributed by atoms with Gasteiger partial charge >= 0.3 is 18.3 Å². The molecule has 3 aromatic heterocycles. The maximum atomic E-state index is 14.0. The number of nitrogen functional groups attached to an aromatic ring is 1. The van der Waals surface area contributed by atoms with Crippen molar-refractivity contribution < 1.29 is 111 Å². The number of nitrogens with zero attached hydrogens (tertiary/aromatic N) is 7. The largest absolute Gasteiger partial charge is 0.542 e. The Bertz CT molecular complexity index is 2380. The van der Waals surface area contributed by atoms with Gasteiger partial charge in [0.1, 0.15) is 54.7 Å². The van der Waals surface area contributed by atoms with E-state index in [4.69, 9.17) is 25.5 Å². The van der Waals surface area contributed by atoms with Crippen LogP contribution in [0, 0.1) is 5.92 Å². The molecule has 1 fully saturated rings. The van der Waals surface area contributed by atoms with Crippen molar-refractivity contribution in [3.05, 3.63) is 41.9 Å². The molecule has 1 aromatic carbocycles. The maximum Gasteiger partial charge on any atom is 0.490 e. The summed E-state index contributed by atoms with van der Waals surface area (Å²) in [7, 11) is 0. The van der Waals surface area contributed by atoms with E-state index >= 15 is 0 Å². The number of rotatable bonds is 21. The number of aliphatic carboxylic acids is 2. The number of imidazole rings is 1. The van der Waals surface area contributed by atoms with E-state index in [1.165, 1.54) is 9.80 Å². The van der Waals surface area contributed by atoms with Gasteiger partial charge in [-0.05, 0) is 50.8 Å². The Morgan fingerprint density at radius 1 is 0.863 bits per heavy atom. The molecule has 0 saturated carbocycles. The molecule has 0 radical (unpaired) electrons. The lowest BCUT2D eigenvalue weighted by molar-refractivity contribution is -0.676. The van der Waals surface area contributed by atoms with E-state index in [0.29, 0.717) is 62.2 Å². The Labute approximate surface area is 410 Å². The van der Waals surface area contributed by atoms with E-state index in [9.17, 15) is 87.0 Å². The van der Waals surface area contributed by atoms with Crippen LogP contribution in [0.1, 0.15) is 42.9 Å². The smallest absolute Gasteiger partial charge is 0.490 e. The van der Waals surface area contributed by atoms with Gasteiger partial charge in [-0.1, -0.05) is 0 Å². The zero-order valence-electron chi connectivity index (χ0n) is 39.1. The monoisotopic (exact) mass is 1060 g/mol. The van der Waals surface area contributed by atoms with Crippen LogP contribution in [0.25, 0.3) is 22.2 Å². The summed E-state index contributed by atoms with van der Waals surface area (Å²) >= 11 is 0. The minimum atomic E-state index is -5.19. The van der Waals surface area contributed by atoms with Gasteiger partial charge in [0, 0.05) is 50.6 Å². The van der Waals surface area contributed by atoms with Crippen molar-refractivity contribution >= 4 is 58.1 Å². The predicted octanol–water partition coefficient (Wildman–Crippen LogP) is -4.06. The van der Waals surface area contributed by atoms with E-state index in [1.807, 2.05) is 30.5 Å². The molecule has 25 nitrogen and oxygen atoms in total. The lowest BCUT2D eigenvalue weighted by atomic mass is 9.94. The molecule has 0 spiro atoms. The molecule has 8 atom stereocenters. The third kappa shape index (κ3) is 16.3. The number of halogens is 6. The summed E-state index contributed by atoms with van der Waals surface area (Å²) in [4.78, 5) is 60.6. The number of fused-ring (bicyclic) bond motifs is 2. The summed E-state index contributed by atoms with van der Waals surface area (Å²) in [6, 6.07) is 7.21. The molecule has 410 valence electrons. The number of amides is 2. The van der Waals surface area contributed by atoms with Crippen LogP contribution in [0.2, 0.25) is 0 Å². The second-order valence-corrected chi connectivity index (χ2v) is 16.6. The van der Waals surface area contributed by atoms with Crippen molar-refractivity contribution in [3.8, 4) is 0 Å². The summed E-state index contributed by atoms with van der Waals surface area (Å²) in [5.41, 5.74) is 9.39. The lowest BCUT2D eigenvalue weighted by Crippen LogP contribution is -2.54. The Hall–Kier alpha value is -5.87. The van der Waals surface area contributed by atoms with Crippen molar-refractivity contribution in [3.63, 3.8) is 0 Å². The third-order valence-corrected chi connectivity index (χ3v) is 11.6. The number of carbonyl (C=O) groups is 4. The fraction of sp³-hybridized carbons (Fsp3) is 0.595. The van der Waals surface area contributed by atoms with Gasteiger partial charge in [-0.2, -0.15) is 26.3 Å². The van der Waals surface area contributed by atoms with Gasteiger partial charge < -0.3 is 81.7 Å². The van der Waals surface area contributed by atoms with E-state index in [-0.39, 0.29) is 49.6 Å². The zero-order valence-corrected chi connectivity index (χ0v) is 39.1. The van der Waals surface area contributed by atoms with Gasteiger partial charge in [0.25, 0.3) is 11.7 Å². The number of likely N-dealkylation sites (tertiary alicyclic amines) is 1. The molecule has 4 heterocycles. The molecule has 1 saturated heterocycles. The highest BCUT2D eigenvalue weighted by molar-refractivity contribution is 5.97. The Morgan fingerprint density at radius 2 is 1.37 bits per heavy atom. The van der Waals surface area contributed by atoms with Gasteiger partial charge in [-0.3, -0.25) is 19.4 Å². The molecule has 73 heavy (non-hydrogen) atoms. The Kier molecular flexibility index (Phi) is 22.6. The molecule has 4 aromatic rings. The maximum absolute atomic E-state index is 14.0. The number of nitrogens with one attached hydrogen (secondary N) is 1. The molecular formula is C42H59F6N9O16. The third-order valence-electron chi connectivity index (χ3n) is 11.6. The predicted molar refractivity (Wildman–Crippen MR) is 236 cm³/mol. The minimum Gasteiger partial charge on any atom is -0.542 e. The molecule has 0 aliphatic carbocycles. The first-order chi connectivity index (χ1) is 34.1. The molecule has 31 heteroatoms. The fourth-order valence-corrected chi connectivity index (χ4v) is 7.76. The molecule has 0 unspecified atom stereocenters. The number of carbonyl (C=O) groups excluding carboxylic acids is 3. The van der Waals surface area contributed by atoms with Crippen molar-refractivity contribution in [2.75, 3.05) is 56.6 Å². The number of H-pyrrole nitrogens is 1. The number of piperidine rings is 1. The number of nitrogens with two attached hydrogens (primary N) is 1. The number of carboxylic acids is 2. The molecule has 5 rings (SSSR count). The first-order valence-corrected chi connectivity index (χ1v) is 22.2. The number of aliphatic hydroxyl groups is 10. The lowest BCUT2D eigenvalue weighted by Gasteiger charge is -2.38. The number of anilines is 2. The Balaban J connectivity index is 0.000000878. The topological polar surface area (TPSA) is 400 Å². The van der Waals surface area contributed by atoms with Crippen molar-refractivity contribution in [1.29, 1.82) is 0 Å². The summed E-state index contributed by atoms with van der Waals surface area (Å²) in [6.07, 6.45) is -21.4. The van der Waals surface area contributed by atoms with Crippen LogP contribution in [-0.4, -0.2) is 217 Å². The van der Waals surface area contributed by atoms with Gasteiger partial charge in [0.05, 0.1) is 38.5 Å². The number of aromatic amines is 1. The zero-order chi connectivity index (χ0) is 55.3. The van der Waals surface area contributed by atoms with Gasteiger partial charge in [-0.25, -0.2) is 23.9 Å². The number of benzene rings is 1. The van der Waals surface area contributed by atoms with Crippen LogP contribution in [-0.2, 0) is 34.0 Å². The summed E-state index contributed by atoms with van der Waals surface area (Å²) in [5.74, 6) is -4.97. The van der Waals surface area contributed by atoms with Crippen LogP contribution in [0.4, 0.5) is 38.0 Å². The summed E-state index contributed by atoms with van der Waals surface area (Å²) < 4.78 is 67.4. The number of aromatic nitrogens is 5. The van der Waals surface area contributed by atoms with Crippen molar-refractivity contribution in [2.45, 2.75) is 108 Å². The fourth-order valence-electron chi connectivity index (χ4n) is 7.76. The molecule has 1 aliphatic rings.